The lowest BCUT2D eigenvalue weighted by Crippen LogP contribution is -2.27. The topological polar surface area (TPSA) is 90.1 Å². The minimum atomic E-state index is -0.469. The molecule has 0 saturated heterocycles. The molecule has 15 heavy (non-hydrogen) atoms. The van der Waals surface area contributed by atoms with Crippen LogP contribution in [0.1, 0.15) is 12.6 Å². The number of carbonyl (C=O) groups is 1. The van der Waals surface area contributed by atoms with Crippen LogP contribution in [-0.2, 0) is 9.53 Å². The van der Waals surface area contributed by atoms with E-state index < -0.39 is 6.04 Å². The van der Waals surface area contributed by atoms with E-state index in [4.69, 9.17) is 5.73 Å². The van der Waals surface area contributed by atoms with E-state index in [1.165, 1.54) is 7.11 Å². The molecule has 0 aliphatic heterocycles. The van der Waals surface area contributed by atoms with E-state index in [1.54, 1.807) is 19.9 Å². The summed E-state index contributed by atoms with van der Waals surface area (Å²) in [5.41, 5.74) is 6.20. The maximum Gasteiger partial charge on any atom is 0.328 e. The van der Waals surface area contributed by atoms with E-state index >= 15 is 0 Å². The van der Waals surface area contributed by atoms with E-state index in [9.17, 15) is 4.79 Å². The van der Waals surface area contributed by atoms with E-state index in [-0.39, 0.29) is 11.9 Å². The highest BCUT2D eigenvalue weighted by Crippen LogP contribution is 2.08. The fourth-order valence-electron chi connectivity index (χ4n) is 1.12. The van der Waals surface area contributed by atoms with Crippen molar-refractivity contribution in [3.63, 3.8) is 0 Å². The van der Waals surface area contributed by atoms with Gasteiger partial charge in [-0.2, -0.15) is 4.98 Å². The van der Waals surface area contributed by atoms with Crippen molar-refractivity contribution in [2.24, 2.45) is 0 Å². The van der Waals surface area contributed by atoms with E-state index in [0.717, 1.165) is 5.69 Å². The van der Waals surface area contributed by atoms with Crippen LogP contribution in [-0.4, -0.2) is 29.1 Å². The van der Waals surface area contributed by atoms with Gasteiger partial charge < -0.3 is 15.8 Å². The summed E-state index contributed by atoms with van der Waals surface area (Å²) < 4.78 is 4.57. The van der Waals surface area contributed by atoms with E-state index in [0.29, 0.717) is 5.82 Å². The number of hydrogen-bond acceptors (Lipinski definition) is 6. The van der Waals surface area contributed by atoms with Crippen molar-refractivity contribution in [2.45, 2.75) is 19.9 Å². The van der Waals surface area contributed by atoms with Gasteiger partial charge in [-0.25, -0.2) is 9.78 Å². The molecule has 1 aromatic rings. The first-order valence-electron chi connectivity index (χ1n) is 4.48. The molecule has 6 nitrogen and oxygen atoms in total. The van der Waals surface area contributed by atoms with Crippen LogP contribution in [0.2, 0.25) is 0 Å². The van der Waals surface area contributed by atoms with Crippen LogP contribution in [0.15, 0.2) is 6.07 Å². The first-order chi connectivity index (χ1) is 7.02. The van der Waals surface area contributed by atoms with Gasteiger partial charge in [0.1, 0.15) is 11.9 Å². The highest BCUT2D eigenvalue weighted by molar-refractivity contribution is 5.78. The zero-order valence-corrected chi connectivity index (χ0v) is 8.94. The molecular weight excluding hydrogens is 196 g/mol. The van der Waals surface area contributed by atoms with E-state index in [2.05, 4.69) is 20.0 Å². The Morgan fingerprint density at radius 2 is 2.27 bits per heavy atom. The van der Waals surface area contributed by atoms with Crippen molar-refractivity contribution in [3.05, 3.63) is 11.8 Å². The van der Waals surface area contributed by atoms with Gasteiger partial charge in [-0.05, 0) is 13.8 Å². The molecule has 0 aliphatic rings. The molecule has 0 saturated carbocycles. The van der Waals surface area contributed by atoms with Gasteiger partial charge in [0.15, 0.2) is 0 Å². The number of nitrogens with zero attached hydrogens (tertiary/aromatic N) is 2. The zero-order valence-electron chi connectivity index (χ0n) is 8.94. The Labute approximate surface area is 87.9 Å². The van der Waals surface area contributed by atoms with Crippen LogP contribution in [0, 0.1) is 6.92 Å². The Morgan fingerprint density at radius 3 is 2.80 bits per heavy atom. The second kappa shape index (κ2) is 4.59. The third-order valence-electron chi connectivity index (χ3n) is 1.79. The number of aryl methyl sites for hydroxylation is 1. The average Bonchev–Trinajstić information content (AvgIpc) is 2.14. The molecule has 1 rings (SSSR count). The highest BCUT2D eigenvalue weighted by Gasteiger charge is 2.13. The van der Waals surface area contributed by atoms with Gasteiger partial charge in [0.05, 0.1) is 7.11 Å². The number of nitrogens with two attached hydrogens (primary N) is 1. The van der Waals surface area contributed by atoms with Gasteiger partial charge in [0.25, 0.3) is 0 Å². The number of methoxy groups -OCH3 is 1. The summed E-state index contributed by atoms with van der Waals surface area (Å²) >= 11 is 0. The molecule has 1 atom stereocenters. The number of ether oxygens (including phenoxy) is 1. The third-order valence-corrected chi connectivity index (χ3v) is 1.79. The predicted octanol–water partition coefficient (Wildman–Crippen LogP) is 0.341. The van der Waals surface area contributed by atoms with Gasteiger partial charge in [0.2, 0.25) is 5.95 Å². The van der Waals surface area contributed by atoms with Crippen molar-refractivity contribution < 1.29 is 9.53 Å². The molecule has 0 aromatic carbocycles. The van der Waals surface area contributed by atoms with Crippen molar-refractivity contribution >= 4 is 17.7 Å². The number of esters is 1. The summed E-state index contributed by atoms with van der Waals surface area (Å²) in [6.45, 7) is 3.48. The number of nitrogen functional groups attached to an aromatic ring is 1. The lowest BCUT2D eigenvalue weighted by atomic mass is 10.3. The summed E-state index contributed by atoms with van der Waals surface area (Å²) in [5, 5.41) is 2.87. The van der Waals surface area contributed by atoms with Crippen LogP contribution in [0.5, 0.6) is 0 Å². The number of nitrogens with one attached hydrogen (secondary N) is 1. The summed E-state index contributed by atoms with van der Waals surface area (Å²) in [6, 6.07) is 1.24. The molecule has 82 valence electrons. The first kappa shape index (κ1) is 11.2. The molecule has 3 N–H and O–H groups in total. The number of hydrogen-bond donors (Lipinski definition) is 2. The van der Waals surface area contributed by atoms with Crippen molar-refractivity contribution in [2.75, 3.05) is 18.2 Å². The monoisotopic (exact) mass is 210 g/mol. The molecule has 0 amide bonds. The zero-order chi connectivity index (χ0) is 11.4. The normalized spacial score (nSPS) is 11.9. The molecular formula is C9H14N4O2. The Balaban J connectivity index is 2.76. The number of aromatic nitrogens is 2. The van der Waals surface area contributed by atoms with Crippen molar-refractivity contribution in [1.82, 2.24) is 9.97 Å². The molecule has 0 bridgehead atoms. The van der Waals surface area contributed by atoms with Gasteiger partial charge >= 0.3 is 5.97 Å². The van der Waals surface area contributed by atoms with Gasteiger partial charge in [-0.15, -0.1) is 0 Å². The molecule has 1 heterocycles. The van der Waals surface area contributed by atoms with Crippen LogP contribution in [0.4, 0.5) is 11.8 Å². The molecule has 1 aromatic heterocycles. The van der Waals surface area contributed by atoms with Gasteiger partial charge in [-0.1, -0.05) is 0 Å². The van der Waals surface area contributed by atoms with Crippen LogP contribution in [0.25, 0.3) is 0 Å². The smallest absolute Gasteiger partial charge is 0.328 e. The van der Waals surface area contributed by atoms with Crippen LogP contribution < -0.4 is 11.1 Å². The van der Waals surface area contributed by atoms with Crippen molar-refractivity contribution in [3.8, 4) is 0 Å². The lowest BCUT2D eigenvalue weighted by molar-refractivity contribution is -0.141. The summed E-state index contributed by atoms with van der Waals surface area (Å²) in [4.78, 5) is 19.0. The molecule has 0 radical (unpaired) electrons. The molecule has 0 spiro atoms. The Morgan fingerprint density at radius 1 is 1.60 bits per heavy atom. The van der Waals surface area contributed by atoms with Crippen LogP contribution in [0.3, 0.4) is 0 Å². The second-order valence-corrected chi connectivity index (χ2v) is 3.14. The lowest BCUT2D eigenvalue weighted by Gasteiger charge is -2.12. The summed E-state index contributed by atoms with van der Waals surface area (Å²) in [7, 11) is 1.33. The standard InChI is InChI=1S/C9H14N4O2/c1-5-4-7(13-9(10)11-5)12-6(2)8(14)15-3/h4,6H,1-3H3,(H3,10,11,12,13). The van der Waals surface area contributed by atoms with Gasteiger partial charge in [-0.3, -0.25) is 0 Å². The minimum Gasteiger partial charge on any atom is -0.467 e. The summed E-state index contributed by atoms with van der Waals surface area (Å²) in [6.07, 6.45) is 0. The van der Waals surface area contributed by atoms with E-state index in [1.807, 2.05) is 0 Å². The maximum absolute atomic E-state index is 11.1. The SMILES string of the molecule is COC(=O)C(C)Nc1cc(C)nc(N)n1. The number of anilines is 2. The number of carbonyl (C=O) groups excluding carboxylic acids is 1. The Bertz CT molecular complexity index is 347. The highest BCUT2D eigenvalue weighted by atomic mass is 16.5. The number of rotatable bonds is 3. The van der Waals surface area contributed by atoms with Gasteiger partial charge in [0, 0.05) is 11.8 Å². The fraction of sp³-hybridized carbons (Fsp3) is 0.444. The average molecular weight is 210 g/mol. The molecule has 0 fully saturated rings. The minimum absolute atomic E-state index is 0.176. The quantitative estimate of drug-likeness (QED) is 0.699. The predicted molar refractivity (Wildman–Crippen MR) is 56.3 cm³/mol. The molecule has 1 unspecified atom stereocenters. The Kier molecular flexibility index (Phi) is 3.43. The fourth-order valence-corrected chi connectivity index (χ4v) is 1.12. The van der Waals surface area contributed by atoms with Crippen LogP contribution >= 0.6 is 0 Å². The third kappa shape index (κ3) is 3.08. The second-order valence-electron chi connectivity index (χ2n) is 3.14. The maximum atomic E-state index is 11.1. The summed E-state index contributed by atoms with van der Waals surface area (Å²) in [5.74, 6) is 0.331. The largest absolute Gasteiger partial charge is 0.467 e. The molecule has 6 heteroatoms. The first-order valence-corrected chi connectivity index (χ1v) is 4.48. The molecule has 0 aliphatic carbocycles. The van der Waals surface area contributed by atoms with Crippen molar-refractivity contribution in [1.29, 1.82) is 0 Å². The Hall–Kier alpha value is -1.85.